The van der Waals surface area contributed by atoms with Crippen LogP contribution in [0.5, 0.6) is 0 Å². The van der Waals surface area contributed by atoms with Gasteiger partial charge in [-0.05, 0) is 62.6 Å². The van der Waals surface area contributed by atoms with Crippen LogP contribution in [0.1, 0.15) is 43.7 Å². The lowest BCUT2D eigenvalue weighted by atomic mass is 10.1. The van der Waals surface area contributed by atoms with E-state index in [1.807, 2.05) is 37.3 Å². The number of carbonyl (C=O) groups excluding carboxylic acids is 2. The second-order valence-corrected chi connectivity index (χ2v) is 12.3. The van der Waals surface area contributed by atoms with Gasteiger partial charge in [0.25, 0.3) is 10.0 Å². The minimum atomic E-state index is -4.13. The van der Waals surface area contributed by atoms with E-state index in [0.717, 1.165) is 41.1 Å². The number of hydrogen-bond donors (Lipinski definition) is 1. The van der Waals surface area contributed by atoms with Crippen molar-refractivity contribution in [1.82, 2.24) is 10.2 Å². The van der Waals surface area contributed by atoms with Gasteiger partial charge in [-0.2, -0.15) is 0 Å². The lowest BCUT2D eigenvalue weighted by molar-refractivity contribution is -0.139. The molecule has 0 aromatic heterocycles. The molecule has 4 rings (SSSR count). The minimum Gasteiger partial charge on any atom is -0.352 e. The highest BCUT2D eigenvalue weighted by atomic mass is 35.5. The first-order valence-electron chi connectivity index (χ1n) is 13.1. The number of amides is 2. The Bertz CT molecular complexity index is 1390. The molecule has 0 radical (unpaired) electrons. The fourth-order valence-electron chi connectivity index (χ4n) is 4.75. The molecule has 2 amide bonds. The number of hydrogen-bond acceptors (Lipinski definition) is 4. The van der Waals surface area contributed by atoms with E-state index >= 15 is 0 Å². The van der Waals surface area contributed by atoms with Crippen molar-refractivity contribution in [2.75, 3.05) is 10.8 Å². The van der Waals surface area contributed by atoms with E-state index in [1.165, 1.54) is 23.1 Å². The summed E-state index contributed by atoms with van der Waals surface area (Å²) in [6.45, 7) is 3.22. The Kier molecular flexibility index (Phi) is 9.30. The maximum absolute atomic E-state index is 13.9. The monoisotopic (exact) mass is 567 g/mol. The highest BCUT2D eigenvalue weighted by molar-refractivity contribution is 7.92. The van der Waals surface area contributed by atoms with Gasteiger partial charge < -0.3 is 10.2 Å². The first-order chi connectivity index (χ1) is 18.6. The molecule has 0 unspecified atom stereocenters. The van der Waals surface area contributed by atoms with E-state index < -0.39 is 28.5 Å². The zero-order valence-electron chi connectivity index (χ0n) is 22.2. The molecule has 1 aliphatic rings. The van der Waals surface area contributed by atoms with Crippen molar-refractivity contribution in [2.45, 2.75) is 63.1 Å². The topological polar surface area (TPSA) is 86.8 Å². The molecule has 1 saturated carbocycles. The molecule has 0 bridgehead atoms. The van der Waals surface area contributed by atoms with Crippen molar-refractivity contribution in [1.29, 1.82) is 0 Å². The Balaban J connectivity index is 1.67. The Labute approximate surface area is 235 Å². The first kappa shape index (κ1) is 28.6. The van der Waals surface area contributed by atoms with E-state index in [4.69, 9.17) is 11.6 Å². The van der Waals surface area contributed by atoms with E-state index in [1.54, 1.807) is 37.3 Å². The predicted octanol–water partition coefficient (Wildman–Crippen LogP) is 5.32. The number of nitrogens with zero attached hydrogens (tertiary/aromatic N) is 2. The van der Waals surface area contributed by atoms with Gasteiger partial charge in [0.1, 0.15) is 12.6 Å². The molecule has 9 heteroatoms. The Morgan fingerprint density at radius 3 is 2.28 bits per heavy atom. The lowest BCUT2D eigenvalue weighted by Crippen LogP contribution is -2.52. The molecule has 7 nitrogen and oxygen atoms in total. The summed E-state index contributed by atoms with van der Waals surface area (Å²) in [5, 5.41) is 3.41. The summed E-state index contributed by atoms with van der Waals surface area (Å²) >= 11 is 6.22. The largest absolute Gasteiger partial charge is 0.352 e. The number of anilines is 1. The summed E-state index contributed by atoms with van der Waals surface area (Å²) in [7, 11) is -4.13. The fraction of sp³-hybridized carbons (Fsp3) is 0.333. The SMILES string of the molecule is Cc1ccc(S(=O)(=O)N(CC(=O)N(Cc2ccccc2)[C@H](C)C(=O)NC2CCCC2)c2cccc(Cl)c2)cc1. The molecule has 3 aromatic rings. The van der Waals surface area contributed by atoms with Gasteiger partial charge in [-0.25, -0.2) is 8.42 Å². The van der Waals surface area contributed by atoms with E-state index in [2.05, 4.69) is 5.32 Å². The second-order valence-electron chi connectivity index (χ2n) is 9.98. The normalized spacial score (nSPS) is 14.5. The molecule has 0 heterocycles. The molecule has 206 valence electrons. The molecular weight excluding hydrogens is 534 g/mol. The van der Waals surface area contributed by atoms with Crippen LogP contribution < -0.4 is 9.62 Å². The van der Waals surface area contributed by atoms with Crippen LogP contribution in [0, 0.1) is 6.92 Å². The lowest BCUT2D eigenvalue weighted by Gasteiger charge is -2.32. The van der Waals surface area contributed by atoms with Crippen LogP contribution >= 0.6 is 11.6 Å². The smallest absolute Gasteiger partial charge is 0.264 e. The first-order valence-corrected chi connectivity index (χ1v) is 15.0. The third kappa shape index (κ3) is 7.19. The summed E-state index contributed by atoms with van der Waals surface area (Å²) in [6.07, 6.45) is 3.97. The quantitative estimate of drug-likeness (QED) is 0.359. The molecule has 3 aromatic carbocycles. The van der Waals surface area contributed by atoms with Gasteiger partial charge in [0.15, 0.2) is 0 Å². The average molecular weight is 568 g/mol. The minimum absolute atomic E-state index is 0.0579. The standard InChI is InChI=1S/C30H34ClN3O4S/c1-22-15-17-28(18-16-22)39(37,38)34(27-14-8-11-25(31)19-27)21-29(35)33(20-24-9-4-3-5-10-24)23(2)30(36)32-26-12-6-7-13-26/h3-5,8-11,14-19,23,26H,6-7,12-13,20-21H2,1-2H3,(H,32,36)/t23-/m1/s1. The molecule has 1 N–H and O–H groups in total. The number of halogens is 1. The van der Waals surface area contributed by atoms with Crippen LogP contribution in [-0.2, 0) is 26.2 Å². The molecule has 1 atom stereocenters. The van der Waals surface area contributed by atoms with Crippen LogP contribution in [0.3, 0.4) is 0 Å². The Morgan fingerprint density at radius 1 is 0.974 bits per heavy atom. The van der Waals surface area contributed by atoms with Crippen LogP contribution in [0.4, 0.5) is 5.69 Å². The van der Waals surface area contributed by atoms with Crippen LogP contribution in [0.25, 0.3) is 0 Å². The summed E-state index contributed by atoms with van der Waals surface area (Å²) < 4.78 is 28.7. The van der Waals surface area contributed by atoms with Gasteiger partial charge in [0, 0.05) is 17.6 Å². The number of carbonyl (C=O) groups is 2. The second kappa shape index (κ2) is 12.7. The summed E-state index contributed by atoms with van der Waals surface area (Å²) in [4.78, 5) is 28.7. The van der Waals surface area contributed by atoms with E-state index in [0.29, 0.717) is 5.02 Å². The summed E-state index contributed by atoms with van der Waals surface area (Å²) in [5.41, 5.74) is 2.01. The molecule has 0 saturated heterocycles. The van der Waals surface area contributed by atoms with Crippen molar-refractivity contribution in [2.24, 2.45) is 0 Å². The van der Waals surface area contributed by atoms with Crippen LogP contribution in [0.15, 0.2) is 83.8 Å². The maximum atomic E-state index is 13.9. The fourth-order valence-corrected chi connectivity index (χ4v) is 6.34. The molecule has 0 spiro atoms. The molecule has 1 aliphatic carbocycles. The van der Waals surface area contributed by atoms with Crippen LogP contribution in [-0.4, -0.2) is 43.8 Å². The average Bonchev–Trinajstić information content (AvgIpc) is 3.43. The predicted molar refractivity (Wildman–Crippen MR) is 154 cm³/mol. The molecular formula is C30H34ClN3O4S. The Hall–Kier alpha value is -3.36. The van der Waals surface area contributed by atoms with Crippen LogP contribution in [0.2, 0.25) is 5.02 Å². The summed E-state index contributed by atoms with van der Waals surface area (Å²) in [6, 6.07) is 21.5. The Morgan fingerprint density at radius 2 is 1.64 bits per heavy atom. The number of aryl methyl sites for hydroxylation is 1. The third-order valence-corrected chi connectivity index (χ3v) is 9.07. The van der Waals surface area contributed by atoms with Crippen molar-refractivity contribution in [3.05, 3.63) is 95.0 Å². The maximum Gasteiger partial charge on any atom is 0.264 e. The molecule has 0 aliphatic heterocycles. The van der Waals surface area contributed by atoms with Gasteiger partial charge in [0.05, 0.1) is 10.6 Å². The number of rotatable bonds is 10. The van der Waals surface area contributed by atoms with E-state index in [9.17, 15) is 18.0 Å². The van der Waals surface area contributed by atoms with Crippen molar-refractivity contribution < 1.29 is 18.0 Å². The van der Waals surface area contributed by atoms with Gasteiger partial charge in [-0.3, -0.25) is 13.9 Å². The third-order valence-electron chi connectivity index (χ3n) is 7.05. The van der Waals surface area contributed by atoms with Gasteiger partial charge in [0.2, 0.25) is 11.8 Å². The van der Waals surface area contributed by atoms with Crippen molar-refractivity contribution in [3.8, 4) is 0 Å². The zero-order chi connectivity index (χ0) is 28.0. The summed E-state index contributed by atoms with van der Waals surface area (Å²) in [5.74, 6) is -0.745. The van der Waals surface area contributed by atoms with Gasteiger partial charge in [-0.1, -0.05) is 78.5 Å². The van der Waals surface area contributed by atoms with Crippen molar-refractivity contribution in [3.63, 3.8) is 0 Å². The highest BCUT2D eigenvalue weighted by Gasteiger charge is 2.33. The van der Waals surface area contributed by atoms with E-state index in [-0.39, 0.29) is 29.1 Å². The highest BCUT2D eigenvalue weighted by Crippen LogP contribution is 2.27. The zero-order valence-corrected chi connectivity index (χ0v) is 23.8. The molecule has 1 fully saturated rings. The number of nitrogens with one attached hydrogen (secondary N) is 1. The number of sulfonamides is 1. The molecule has 39 heavy (non-hydrogen) atoms. The number of benzene rings is 3. The van der Waals surface area contributed by atoms with Crippen molar-refractivity contribution >= 4 is 39.1 Å². The van der Waals surface area contributed by atoms with Gasteiger partial charge in [-0.15, -0.1) is 0 Å². The van der Waals surface area contributed by atoms with Gasteiger partial charge >= 0.3 is 0 Å².